The zero-order chi connectivity index (χ0) is 11.4. The lowest BCUT2D eigenvalue weighted by molar-refractivity contribution is 0.700. The topological polar surface area (TPSA) is 38.9 Å². The van der Waals surface area contributed by atoms with Crippen molar-refractivity contribution in [2.24, 2.45) is 5.73 Å². The number of nitrogens with two attached hydrogens (primary N) is 1. The van der Waals surface area contributed by atoms with E-state index in [0.29, 0.717) is 12.5 Å². The highest BCUT2D eigenvalue weighted by atomic mass is 35.5. The summed E-state index contributed by atoms with van der Waals surface area (Å²) in [5.41, 5.74) is 8.90. The van der Waals surface area contributed by atoms with Crippen LogP contribution in [0.4, 0.5) is 0 Å². The van der Waals surface area contributed by atoms with Crippen molar-refractivity contribution in [2.75, 3.05) is 6.54 Å². The van der Waals surface area contributed by atoms with E-state index in [1.807, 2.05) is 36.0 Å². The van der Waals surface area contributed by atoms with Crippen molar-refractivity contribution in [3.05, 3.63) is 51.4 Å². The molecule has 4 heteroatoms. The second-order valence-corrected chi connectivity index (χ2v) is 5.06. The summed E-state index contributed by atoms with van der Waals surface area (Å²) in [6.07, 6.45) is 2.85. The Labute approximate surface area is 104 Å². The van der Waals surface area contributed by atoms with Crippen LogP contribution in [0.25, 0.3) is 0 Å². The summed E-state index contributed by atoms with van der Waals surface area (Å²) in [5, 5.41) is 0.761. The molecule has 2 rings (SSSR count). The lowest BCUT2D eigenvalue weighted by Crippen LogP contribution is -2.14. The molecular weight excluding hydrogens is 240 g/mol. The molecule has 1 unspecified atom stereocenters. The highest BCUT2D eigenvalue weighted by Crippen LogP contribution is 2.23. The first-order valence-corrected chi connectivity index (χ1v) is 6.38. The molecule has 1 heterocycles. The van der Waals surface area contributed by atoms with E-state index >= 15 is 0 Å². The third-order valence-corrected chi connectivity index (χ3v) is 3.61. The van der Waals surface area contributed by atoms with Gasteiger partial charge in [-0.1, -0.05) is 23.7 Å². The van der Waals surface area contributed by atoms with Gasteiger partial charge in [0.15, 0.2) is 0 Å². The first-order chi connectivity index (χ1) is 7.79. The molecule has 84 valence electrons. The van der Waals surface area contributed by atoms with Crippen LogP contribution < -0.4 is 5.73 Å². The average molecular weight is 253 g/mol. The molecule has 0 saturated heterocycles. The highest BCUT2D eigenvalue weighted by Gasteiger charge is 2.11. The molecule has 2 aromatic rings. The minimum absolute atomic E-state index is 0.345. The number of benzene rings is 1. The zero-order valence-corrected chi connectivity index (χ0v) is 10.3. The van der Waals surface area contributed by atoms with E-state index in [1.54, 1.807) is 11.3 Å². The molecule has 1 aromatic heterocycles. The van der Waals surface area contributed by atoms with Crippen molar-refractivity contribution in [2.45, 2.75) is 12.3 Å². The average Bonchev–Trinajstić information content (AvgIpc) is 2.80. The molecule has 0 saturated carbocycles. The fourth-order valence-electron chi connectivity index (χ4n) is 1.66. The van der Waals surface area contributed by atoms with Gasteiger partial charge in [-0.05, 0) is 30.7 Å². The van der Waals surface area contributed by atoms with Gasteiger partial charge in [-0.2, -0.15) is 0 Å². The fraction of sp³-hybridized carbons (Fsp3) is 0.250. The van der Waals surface area contributed by atoms with Crippen LogP contribution in [-0.4, -0.2) is 11.5 Å². The second kappa shape index (κ2) is 5.43. The second-order valence-electron chi connectivity index (χ2n) is 3.66. The van der Waals surface area contributed by atoms with Crippen molar-refractivity contribution in [3.63, 3.8) is 0 Å². The number of hydrogen-bond donors (Lipinski definition) is 1. The lowest BCUT2D eigenvalue weighted by Gasteiger charge is -2.13. The van der Waals surface area contributed by atoms with Gasteiger partial charge in [-0.25, -0.2) is 0 Å². The van der Waals surface area contributed by atoms with E-state index in [4.69, 9.17) is 17.3 Å². The summed E-state index contributed by atoms with van der Waals surface area (Å²) in [6.45, 7) is 0.638. The number of aromatic nitrogens is 1. The highest BCUT2D eigenvalue weighted by molar-refractivity contribution is 7.09. The van der Waals surface area contributed by atoms with E-state index in [0.717, 1.165) is 11.4 Å². The summed E-state index contributed by atoms with van der Waals surface area (Å²) >= 11 is 7.53. The molecule has 0 amide bonds. The van der Waals surface area contributed by atoms with Gasteiger partial charge in [0, 0.05) is 22.0 Å². The predicted molar refractivity (Wildman–Crippen MR) is 69.1 cm³/mol. The quantitative estimate of drug-likeness (QED) is 0.908. The summed E-state index contributed by atoms with van der Waals surface area (Å²) in [6, 6.07) is 7.90. The van der Waals surface area contributed by atoms with Gasteiger partial charge < -0.3 is 5.73 Å². The molecule has 0 spiro atoms. The molecule has 0 aliphatic rings. The Morgan fingerprint density at radius 1 is 1.31 bits per heavy atom. The Morgan fingerprint density at radius 3 is 2.62 bits per heavy atom. The largest absolute Gasteiger partial charge is 0.330 e. The normalized spacial score (nSPS) is 12.6. The van der Waals surface area contributed by atoms with Crippen LogP contribution in [0.5, 0.6) is 0 Å². The molecule has 1 atom stereocenters. The van der Waals surface area contributed by atoms with Crippen LogP contribution in [0.3, 0.4) is 0 Å². The monoisotopic (exact) mass is 252 g/mol. The molecule has 0 bridgehead atoms. The first-order valence-electron chi connectivity index (χ1n) is 5.12. The molecule has 0 aliphatic heterocycles. The molecule has 1 aromatic carbocycles. The van der Waals surface area contributed by atoms with E-state index in [1.165, 1.54) is 10.4 Å². The standard InChI is InChI=1S/C12H13ClN2S/c13-11-3-1-9(2-4-11)10(6-14)5-12-7-15-8-16-12/h1-4,7-8,10H,5-6,14H2. The van der Waals surface area contributed by atoms with Crippen molar-refractivity contribution in [3.8, 4) is 0 Å². The molecule has 2 nitrogen and oxygen atoms in total. The molecule has 16 heavy (non-hydrogen) atoms. The number of halogens is 1. The first kappa shape index (κ1) is 11.6. The van der Waals surface area contributed by atoms with Crippen molar-refractivity contribution < 1.29 is 0 Å². The van der Waals surface area contributed by atoms with Gasteiger partial charge in [0.25, 0.3) is 0 Å². The third-order valence-electron chi connectivity index (χ3n) is 2.56. The molecule has 2 N–H and O–H groups in total. The van der Waals surface area contributed by atoms with Gasteiger partial charge in [0.1, 0.15) is 0 Å². The van der Waals surface area contributed by atoms with E-state index in [-0.39, 0.29) is 0 Å². The summed E-state index contributed by atoms with van der Waals surface area (Å²) in [5.74, 6) is 0.345. The molecule has 0 fully saturated rings. The van der Waals surface area contributed by atoms with Crippen LogP contribution in [0.15, 0.2) is 36.0 Å². The summed E-state index contributed by atoms with van der Waals surface area (Å²) < 4.78 is 0. The summed E-state index contributed by atoms with van der Waals surface area (Å²) in [7, 11) is 0. The number of rotatable bonds is 4. The molecular formula is C12H13ClN2S. The maximum absolute atomic E-state index is 5.86. The van der Waals surface area contributed by atoms with Crippen LogP contribution in [0, 0.1) is 0 Å². The van der Waals surface area contributed by atoms with Gasteiger partial charge in [-0.3, -0.25) is 4.98 Å². The van der Waals surface area contributed by atoms with Crippen LogP contribution in [-0.2, 0) is 6.42 Å². The van der Waals surface area contributed by atoms with Crippen molar-refractivity contribution in [1.29, 1.82) is 0 Å². The van der Waals surface area contributed by atoms with Crippen LogP contribution in [0.2, 0.25) is 5.02 Å². The van der Waals surface area contributed by atoms with E-state index in [9.17, 15) is 0 Å². The van der Waals surface area contributed by atoms with Gasteiger partial charge >= 0.3 is 0 Å². The Kier molecular flexibility index (Phi) is 3.93. The Balaban J connectivity index is 2.13. The Bertz CT molecular complexity index is 425. The van der Waals surface area contributed by atoms with Gasteiger partial charge in [-0.15, -0.1) is 11.3 Å². The number of thiazole rings is 1. The Hall–Kier alpha value is -0.900. The maximum Gasteiger partial charge on any atom is 0.0794 e. The number of nitrogens with zero attached hydrogens (tertiary/aromatic N) is 1. The van der Waals surface area contributed by atoms with Crippen LogP contribution >= 0.6 is 22.9 Å². The molecule has 0 radical (unpaired) electrons. The van der Waals surface area contributed by atoms with E-state index in [2.05, 4.69) is 4.98 Å². The minimum Gasteiger partial charge on any atom is -0.330 e. The number of hydrogen-bond acceptors (Lipinski definition) is 3. The predicted octanol–water partition coefficient (Wildman–Crippen LogP) is 3.08. The molecule has 0 aliphatic carbocycles. The SMILES string of the molecule is NCC(Cc1cncs1)c1ccc(Cl)cc1. The smallest absolute Gasteiger partial charge is 0.0794 e. The van der Waals surface area contributed by atoms with Gasteiger partial charge in [0.05, 0.1) is 5.51 Å². The van der Waals surface area contributed by atoms with Crippen LogP contribution in [0.1, 0.15) is 16.4 Å². The third kappa shape index (κ3) is 2.82. The summed E-state index contributed by atoms with van der Waals surface area (Å²) in [4.78, 5) is 5.34. The fourth-order valence-corrected chi connectivity index (χ4v) is 2.46. The van der Waals surface area contributed by atoms with E-state index < -0.39 is 0 Å². The maximum atomic E-state index is 5.86. The zero-order valence-electron chi connectivity index (χ0n) is 8.77. The van der Waals surface area contributed by atoms with Gasteiger partial charge in [0.2, 0.25) is 0 Å². The Morgan fingerprint density at radius 2 is 2.06 bits per heavy atom. The minimum atomic E-state index is 0.345. The van der Waals surface area contributed by atoms with Crippen molar-refractivity contribution in [1.82, 2.24) is 4.98 Å². The lowest BCUT2D eigenvalue weighted by atomic mass is 9.95. The van der Waals surface area contributed by atoms with Crippen molar-refractivity contribution >= 4 is 22.9 Å².